The van der Waals surface area contributed by atoms with Crippen LogP contribution < -0.4 is 0 Å². The van der Waals surface area contributed by atoms with Crippen LogP contribution in [0, 0.1) is 0 Å². The van der Waals surface area contributed by atoms with Crippen molar-refractivity contribution in [2.24, 2.45) is 0 Å². The Bertz CT molecular complexity index is 506. The van der Waals surface area contributed by atoms with E-state index >= 15 is 0 Å². The van der Waals surface area contributed by atoms with Gasteiger partial charge in [-0.1, -0.05) is 32.0 Å². The van der Waals surface area contributed by atoms with Gasteiger partial charge in [0, 0.05) is 21.5 Å². The largest absolute Gasteiger partial charge is 0.300 e. The molecule has 0 amide bonds. The average Bonchev–Trinajstić information content (AvgIpc) is 3.10. The van der Waals surface area contributed by atoms with Crippen molar-refractivity contribution in [2.45, 2.75) is 45.1 Å². The molecule has 1 aliphatic carbocycles. The molecular weight excluding hydrogens is 250 g/mol. The molecule has 1 aromatic heterocycles. The van der Waals surface area contributed by atoms with Gasteiger partial charge in [-0.25, -0.2) is 0 Å². The zero-order valence-corrected chi connectivity index (χ0v) is 12.7. The van der Waals surface area contributed by atoms with Gasteiger partial charge < -0.3 is 0 Å². The highest BCUT2D eigenvalue weighted by Crippen LogP contribution is 2.48. The van der Waals surface area contributed by atoms with Crippen molar-refractivity contribution in [3.8, 4) is 0 Å². The second-order valence-electron chi connectivity index (χ2n) is 5.63. The Morgan fingerprint density at radius 3 is 2.58 bits per heavy atom. The highest BCUT2D eigenvalue weighted by atomic mass is 32.1. The SMILES string of the molecule is CCCN(CCC)[C@H]1C[C@@H]1c1cc2ccccc2s1. The Labute approximate surface area is 120 Å². The predicted molar refractivity (Wildman–Crippen MR) is 85.1 cm³/mol. The fourth-order valence-corrected chi connectivity index (χ4v) is 4.33. The molecule has 0 N–H and O–H groups in total. The highest BCUT2D eigenvalue weighted by Gasteiger charge is 2.42. The van der Waals surface area contributed by atoms with Gasteiger partial charge in [0.15, 0.2) is 0 Å². The maximum absolute atomic E-state index is 2.70. The zero-order valence-electron chi connectivity index (χ0n) is 11.9. The van der Waals surface area contributed by atoms with E-state index in [1.165, 1.54) is 42.4 Å². The fraction of sp³-hybridized carbons (Fsp3) is 0.529. The maximum Gasteiger partial charge on any atom is 0.0345 e. The number of fused-ring (bicyclic) bond motifs is 1. The van der Waals surface area contributed by atoms with E-state index in [4.69, 9.17) is 0 Å². The molecular formula is C17H23NS. The minimum atomic E-state index is 0.801. The van der Waals surface area contributed by atoms with Crippen LogP contribution in [0.3, 0.4) is 0 Å². The lowest BCUT2D eigenvalue weighted by atomic mass is 10.2. The summed E-state index contributed by atoms with van der Waals surface area (Å²) >= 11 is 2.00. The van der Waals surface area contributed by atoms with E-state index in [9.17, 15) is 0 Å². The summed E-state index contributed by atoms with van der Waals surface area (Å²) in [7, 11) is 0. The molecule has 1 heterocycles. The molecule has 0 radical (unpaired) electrons. The van der Waals surface area contributed by atoms with Crippen LogP contribution in [0.4, 0.5) is 0 Å². The molecule has 1 aliphatic rings. The topological polar surface area (TPSA) is 3.24 Å². The minimum absolute atomic E-state index is 0.801. The van der Waals surface area contributed by atoms with Gasteiger partial charge in [-0.15, -0.1) is 11.3 Å². The van der Waals surface area contributed by atoms with E-state index in [0.29, 0.717) is 0 Å². The van der Waals surface area contributed by atoms with E-state index < -0.39 is 0 Å². The number of hydrogen-bond acceptors (Lipinski definition) is 2. The molecule has 1 fully saturated rings. The van der Waals surface area contributed by atoms with Gasteiger partial charge >= 0.3 is 0 Å². The maximum atomic E-state index is 2.70. The number of benzene rings is 1. The summed E-state index contributed by atoms with van der Waals surface area (Å²) in [4.78, 5) is 4.30. The van der Waals surface area contributed by atoms with Gasteiger partial charge in [0.25, 0.3) is 0 Å². The first-order chi connectivity index (χ1) is 9.33. The van der Waals surface area contributed by atoms with E-state index in [1.54, 1.807) is 4.88 Å². The van der Waals surface area contributed by atoms with E-state index in [0.717, 1.165) is 12.0 Å². The van der Waals surface area contributed by atoms with Crippen LogP contribution in [0.25, 0.3) is 10.1 Å². The fourth-order valence-electron chi connectivity index (χ4n) is 3.09. The molecule has 19 heavy (non-hydrogen) atoms. The van der Waals surface area contributed by atoms with Gasteiger partial charge in [-0.2, -0.15) is 0 Å². The number of hydrogen-bond donors (Lipinski definition) is 0. The van der Waals surface area contributed by atoms with Gasteiger partial charge in [-0.3, -0.25) is 4.90 Å². The molecule has 1 nitrogen and oxygen atoms in total. The van der Waals surface area contributed by atoms with Crippen molar-refractivity contribution in [2.75, 3.05) is 13.1 Å². The molecule has 102 valence electrons. The van der Waals surface area contributed by atoms with Gasteiger partial charge in [0.2, 0.25) is 0 Å². The summed E-state index contributed by atoms with van der Waals surface area (Å²) in [5, 5.41) is 1.42. The lowest BCUT2D eigenvalue weighted by Crippen LogP contribution is -2.28. The molecule has 3 rings (SSSR count). The summed E-state index contributed by atoms with van der Waals surface area (Å²) in [6.07, 6.45) is 3.91. The van der Waals surface area contributed by atoms with Crippen LogP contribution in [-0.2, 0) is 0 Å². The van der Waals surface area contributed by atoms with Crippen LogP contribution in [0.1, 0.15) is 43.9 Å². The van der Waals surface area contributed by atoms with Crippen molar-refractivity contribution in [1.82, 2.24) is 4.90 Å². The van der Waals surface area contributed by atoms with E-state index in [-0.39, 0.29) is 0 Å². The number of thiophene rings is 1. The van der Waals surface area contributed by atoms with Crippen molar-refractivity contribution in [1.29, 1.82) is 0 Å². The third-order valence-electron chi connectivity index (χ3n) is 4.06. The first kappa shape index (κ1) is 13.1. The minimum Gasteiger partial charge on any atom is -0.300 e. The molecule has 2 heteroatoms. The van der Waals surface area contributed by atoms with Gasteiger partial charge in [0.1, 0.15) is 0 Å². The molecule has 0 saturated heterocycles. The third-order valence-corrected chi connectivity index (χ3v) is 5.31. The van der Waals surface area contributed by atoms with Crippen LogP contribution in [-0.4, -0.2) is 24.0 Å². The molecule has 2 atom stereocenters. The van der Waals surface area contributed by atoms with Crippen molar-refractivity contribution in [3.05, 3.63) is 35.2 Å². The predicted octanol–water partition coefficient (Wildman–Crippen LogP) is 4.88. The monoisotopic (exact) mass is 273 g/mol. The molecule has 1 saturated carbocycles. The summed E-state index contributed by atoms with van der Waals surface area (Å²) in [5.41, 5.74) is 0. The Kier molecular flexibility index (Phi) is 3.90. The van der Waals surface area contributed by atoms with Crippen LogP contribution in [0.15, 0.2) is 30.3 Å². The Hall–Kier alpha value is -0.860. The Morgan fingerprint density at radius 1 is 1.16 bits per heavy atom. The molecule has 1 aromatic carbocycles. The second kappa shape index (κ2) is 5.64. The quantitative estimate of drug-likeness (QED) is 0.725. The normalized spacial score (nSPS) is 22.3. The summed E-state index contributed by atoms with van der Waals surface area (Å²) < 4.78 is 1.45. The molecule has 0 aliphatic heterocycles. The smallest absolute Gasteiger partial charge is 0.0345 e. The Balaban J connectivity index is 1.74. The van der Waals surface area contributed by atoms with E-state index in [1.807, 2.05) is 11.3 Å². The average molecular weight is 273 g/mol. The molecule has 0 spiro atoms. The summed E-state index contributed by atoms with van der Waals surface area (Å²) in [5.74, 6) is 0.801. The van der Waals surface area contributed by atoms with Crippen LogP contribution in [0.2, 0.25) is 0 Å². The number of nitrogens with zero attached hydrogens (tertiary/aromatic N) is 1. The van der Waals surface area contributed by atoms with Crippen molar-refractivity contribution >= 4 is 21.4 Å². The van der Waals surface area contributed by atoms with Crippen LogP contribution >= 0.6 is 11.3 Å². The van der Waals surface area contributed by atoms with Gasteiger partial charge in [0.05, 0.1) is 0 Å². The molecule has 2 aromatic rings. The first-order valence-electron chi connectivity index (χ1n) is 7.56. The third kappa shape index (κ3) is 2.70. The zero-order chi connectivity index (χ0) is 13.2. The standard InChI is InChI=1S/C17H23NS/c1-3-9-18(10-4-2)15-12-14(15)17-11-13-7-5-6-8-16(13)19-17/h5-8,11,14-15H,3-4,9-10,12H2,1-2H3/t14-,15-/m0/s1. The van der Waals surface area contributed by atoms with E-state index in [2.05, 4.69) is 49.1 Å². The lowest BCUT2D eigenvalue weighted by Gasteiger charge is -2.21. The molecule has 0 bridgehead atoms. The summed E-state index contributed by atoms with van der Waals surface area (Å²) in [6.45, 7) is 7.11. The van der Waals surface area contributed by atoms with Gasteiger partial charge in [-0.05, 0) is 49.9 Å². The summed E-state index contributed by atoms with van der Waals surface area (Å²) in [6, 6.07) is 12.0. The highest BCUT2D eigenvalue weighted by molar-refractivity contribution is 7.19. The van der Waals surface area contributed by atoms with Crippen molar-refractivity contribution in [3.63, 3.8) is 0 Å². The number of rotatable bonds is 6. The lowest BCUT2D eigenvalue weighted by molar-refractivity contribution is 0.260. The first-order valence-corrected chi connectivity index (χ1v) is 8.37. The Morgan fingerprint density at radius 2 is 1.89 bits per heavy atom. The molecule has 0 unspecified atom stereocenters. The van der Waals surface area contributed by atoms with Crippen LogP contribution in [0.5, 0.6) is 0 Å². The second-order valence-corrected chi connectivity index (χ2v) is 6.75. The van der Waals surface area contributed by atoms with Crippen molar-refractivity contribution < 1.29 is 0 Å².